The second kappa shape index (κ2) is 5.67. The minimum Gasteiger partial charge on any atom is -0.313 e. The summed E-state index contributed by atoms with van der Waals surface area (Å²) in [5.41, 5.74) is 2.75. The maximum Gasteiger partial charge on any atom is 0.0167 e. The van der Waals surface area contributed by atoms with Crippen LogP contribution in [0.2, 0.25) is 0 Å². The molecule has 0 aliphatic carbocycles. The Balaban J connectivity index is 2.71. The molecule has 0 amide bonds. The first-order valence-corrected chi connectivity index (χ1v) is 5.30. The zero-order valence-electron chi connectivity index (χ0n) is 9.14. The lowest BCUT2D eigenvalue weighted by atomic mass is 9.97. The van der Waals surface area contributed by atoms with E-state index in [0.717, 1.165) is 13.1 Å². The fraction of sp³-hybridized carbons (Fsp3) is 0.538. The molecule has 0 spiro atoms. The number of rotatable bonds is 2. The first-order valence-electron chi connectivity index (χ1n) is 5.30. The standard InChI is InChI=1S/C13H19N/c1-4-6-13(11(2)3)9-12-7-5-8-14-10-12/h1,6,9,11,14H,5,7-8,10H2,2-3H3/b12-9-,13-6+. The highest BCUT2D eigenvalue weighted by Gasteiger charge is 2.06. The van der Waals surface area contributed by atoms with Gasteiger partial charge in [-0.15, -0.1) is 6.42 Å². The third-order valence-electron chi connectivity index (χ3n) is 2.49. The van der Waals surface area contributed by atoms with Gasteiger partial charge in [0, 0.05) is 6.54 Å². The summed E-state index contributed by atoms with van der Waals surface area (Å²) in [6.07, 6.45) is 11.9. The number of allylic oxidation sites excluding steroid dienone is 3. The van der Waals surface area contributed by atoms with Crippen LogP contribution in [0.25, 0.3) is 0 Å². The molecule has 14 heavy (non-hydrogen) atoms. The van der Waals surface area contributed by atoms with E-state index in [9.17, 15) is 0 Å². The normalized spacial score (nSPS) is 21.3. The Kier molecular flexibility index (Phi) is 4.49. The van der Waals surface area contributed by atoms with Crippen LogP contribution in [0, 0.1) is 18.3 Å². The lowest BCUT2D eigenvalue weighted by Gasteiger charge is -2.16. The Labute approximate surface area is 87.3 Å². The maximum absolute atomic E-state index is 5.30. The lowest BCUT2D eigenvalue weighted by Crippen LogP contribution is -2.23. The quantitative estimate of drug-likeness (QED) is 0.658. The predicted octanol–water partition coefficient (Wildman–Crippen LogP) is 2.51. The van der Waals surface area contributed by atoms with Crippen LogP contribution >= 0.6 is 0 Å². The molecule has 0 unspecified atom stereocenters. The lowest BCUT2D eigenvalue weighted by molar-refractivity contribution is 0.607. The molecule has 0 saturated carbocycles. The SMILES string of the molecule is C#C/C=C(\C=C1\CCCNC1)C(C)C. The van der Waals surface area contributed by atoms with E-state index in [1.165, 1.54) is 24.0 Å². The van der Waals surface area contributed by atoms with Crippen LogP contribution in [0.5, 0.6) is 0 Å². The van der Waals surface area contributed by atoms with Crippen molar-refractivity contribution in [3.63, 3.8) is 0 Å². The highest BCUT2D eigenvalue weighted by Crippen LogP contribution is 2.17. The molecular weight excluding hydrogens is 170 g/mol. The van der Waals surface area contributed by atoms with Crippen molar-refractivity contribution in [2.45, 2.75) is 26.7 Å². The first kappa shape index (κ1) is 11.1. The largest absolute Gasteiger partial charge is 0.313 e. The van der Waals surface area contributed by atoms with Crippen LogP contribution in [0.3, 0.4) is 0 Å². The van der Waals surface area contributed by atoms with Gasteiger partial charge in [-0.2, -0.15) is 0 Å². The van der Waals surface area contributed by atoms with Crippen LogP contribution in [0.4, 0.5) is 0 Å². The van der Waals surface area contributed by atoms with E-state index >= 15 is 0 Å². The summed E-state index contributed by atoms with van der Waals surface area (Å²) < 4.78 is 0. The van der Waals surface area contributed by atoms with Crippen molar-refractivity contribution in [3.05, 3.63) is 23.3 Å². The number of hydrogen-bond donors (Lipinski definition) is 1. The molecule has 1 aliphatic heterocycles. The van der Waals surface area contributed by atoms with Crippen LogP contribution in [-0.4, -0.2) is 13.1 Å². The summed E-state index contributed by atoms with van der Waals surface area (Å²) in [4.78, 5) is 0. The number of hydrogen-bond acceptors (Lipinski definition) is 1. The van der Waals surface area contributed by atoms with E-state index in [1.54, 1.807) is 0 Å². The van der Waals surface area contributed by atoms with Gasteiger partial charge < -0.3 is 5.32 Å². The molecular formula is C13H19N. The smallest absolute Gasteiger partial charge is 0.0167 e. The third-order valence-corrected chi connectivity index (χ3v) is 2.49. The third kappa shape index (κ3) is 3.40. The summed E-state index contributed by atoms with van der Waals surface area (Å²) in [5.74, 6) is 3.13. The van der Waals surface area contributed by atoms with Crippen LogP contribution in [-0.2, 0) is 0 Å². The first-order chi connectivity index (χ1) is 6.74. The Morgan fingerprint density at radius 2 is 2.36 bits per heavy atom. The predicted molar refractivity (Wildman–Crippen MR) is 61.9 cm³/mol. The minimum absolute atomic E-state index is 0.514. The van der Waals surface area contributed by atoms with Crippen molar-refractivity contribution in [2.75, 3.05) is 13.1 Å². The molecule has 0 bridgehead atoms. The average molecular weight is 189 g/mol. The van der Waals surface area contributed by atoms with Gasteiger partial charge in [0.25, 0.3) is 0 Å². The van der Waals surface area contributed by atoms with E-state index in [-0.39, 0.29) is 0 Å². The van der Waals surface area contributed by atoms with Crippen molar-refractivity contribution in [1.29, 1.82) is 0 Å². The average Bonchev–Trinajstić information content (AvgIpc) is 2.18. The van der Waals surface area contributed by atoms with Gasteiger partial charge in [0.05, 0.1) is 0 Å². The molecule has 1 saturated heterocycles. The molecule has 0 aromatic rings. The van der Waals surface area contributed by atoms with Gasteiger partial charge in [-0.1, -0.05) is 31.4 Å². The van der Waals surface area contributed by atoms with Crippen LogP contribution in [0.1, 0.15) is 26.7 Å². The van der Waals surface area contributed by atoms with Crippen molar-refractivity contribution in [3.8, 4) is 12.3 Å². The molecule has 76 valence electrons. The van der Waals surface area contributed by atoms with Crippen LogP contribution in [0.15, 0.2) is 23.3 Å². The van der Waals surface area contributed by atoms with Crippen molar-refractivity contribution in [2.24, 2.45) is 5.92 Å². The summed E-state index contributed by atoms with van der Waals surface area (Å²) in [6.45, 7) is 6.52. The van der Waals surface area contributed by atoms with Gasteiger partial charge in [0.15, 0.2) is 0 Å². The fourth-order valence-electron chi connectivity index (χ4n) is 1.61. The van der Waals surface area contributed by atoms with E-state index in [1.807, 2.05) is 6.08 Å². The summed E-state index contributed by atoms with van der Waals surface area (Å²) in [5, 5.41) is 3.37. The molecule has 0 aromatic carbocycles. The van der Waals surface area contributed by atoms with E-state index in [2.05, 4.69) is 31.2 Å². The Morgan fingerprint density at radius 1 is 1.57 bits per heavy atom. The molecule has 1 fully saturated rings. The Bertz CT molecular complexity index is 268. The summed E-state index contributed by atoms with van der Waals surface area (Å²) in [6, 6.07) is 0. The molecule has 1 aliphatic rings. The molecule has 1 N–H and O–H groups in total. The zero-order valence-corrected chi connectivity index (χ0v) is 9.14. The van der Waals surface area contributed by atoms with Gasteiger partial charge in [0.2, 0.25) is 0 Å². The van der Waals surface area contributed by atoms with Gasteiger partial charge in [-0.3, -0.25) is 0 Å². The Hall–Kier alpha value is -1.00. The highest BCUT2D eigenvalue weighted by molar-refractivity contribution is 5.32. The summed E-state index contributed by atoms with van der Waals surface area (Å²) in [7, 11) is 0. The van der Waals surface area contributed by atoms with Gasteiger partial charge in [-0.25, -0.2) is 0 Å². The molecule has 0 radical (unpaired) electrons. The second-order valence-electron chi connectivity index (χ2n) is 4.05. The molecule has 1 heterocycles. The topological polar surface area (TPSA) is 12.0 Å². The number of nitrogens with one attached hydrogen (secondary N) is 1. The van der Waals surface area contributed by atoms with E-state index < -0.39 is 0 Å². The van der Waals surface area contributed by atoms with Gasteiger partial charge >= 0.3 is 0 Å². The highest BCUT2D eigenvalue weighted by atomic mass is 14.9. The Morgan fingerprint density at radius 3 is 2.86 bits per heavy atom. The summed E-state index contributed by atoms with van der Waals surface area (Å²) >= 11 is 0. The molecule has 1 nitrogen and oxygen atoms in total. The van der Waals surface area contributed by atoms with Crippen molar-refractivity contribution in [1.82, 2.24) is 5.32 Å². The number of piperidine rings is 1. The maximum atomic E-state index is 5.30. The molecule has 0 atom stereocenters. The van der Waals surface area contributed by atoms with Gasteiger partial charge in [-0.05, 0) is 37.0 Å². The zero-order chi connectivity index (χ0) is 10.4. The minimum atomic E-state index is 0.514. The van der Waals surface area contributed by atoms with Crippen molar-refractivity contribution < 1.29 is 0 Å². The number of terminal acetylenes is 1. The van der Waals surface area contributed by atoms with E-state index in [4.69, 9.17) is 6.42 Å². The molecule has 1 heteroatoms. The van der Waals surface area contributed by atoms with Gasteiger partial charge in [0.1, 0.15) is 0 Å². The van der Waals surface area contributed by atoms with Crippen LogP contribution < -0.4 is 5.32 Å². The molecule has 1 rings (SSSR count). The molecule has 0 aromatic heterocycles. The van der Waals surface area contributed by atoms with Crippen molar-refractivity contribution >= 4 is 0 Å². The fourth-order valence-corrected chi connectivity index (χ4v) is 1.61. The second-order valence-corrected chi connectivity index (χ2v) is 4.05. The van der Waals surface area contributed by atoms with E-state index in [0.29, 0.717) is 5.92 Å². The monoisotopic (exact) mass is 189 g/mol.